The molecular formula is C21H24Cl2N4OS. The van der Waals surface area contributed by atoms with Crippen molar-refractivity contribution in [2.24, 2.45) is 0 Å². The minimum Gasteiger partial charge on any atom is -0.333 e. The van der Waals surface area contributed by atoms with Gasteiger partial charge in [-0.15, -0.1) is 36.2 Å². The van der Waals surface area contributed by atoms with E-state index in [1.807, 2.05) is 34.7 Å². The molecule has 1 aliphatic rings. The monoisotopic (exact) mass is 450 g/mol. The van der Waals surface area contributed by atoms with Gasteiger partial charge in [-0.05, 0) is 24.6 Å². The van der Waals surface area contributed by atoms with Crippen molar-refractivity contribution in [2.45, 2.75) is 19.4 Å². The third-order valence-electron chi connectivity index (χ3n) is 4.78. The number of pyridine rings is 1. The Kier molecular flexibility index (Phi) is 8.59. The van der Waals surface area contributed by atoms with Gasteiger partial charge in [0.2, 0.25) is 5.91 Å². The first-order valence-corrected chi connectivity index (χ1v) is 10.0. The summed E-state index contributed by atoms with van der Waals surface area (Å²) in [5.41, 5.74) is 4.22. The highest BCUT2D eigenvalue weighted by Gasteiger charge is 2.28. The Labute approximate surface area is 187 Å². The van der Waals surface area contributed by atoms with Crippen LogP contribution in [0.5, 0.6) is 0 Å². The smallest absolute Gasteiger partial charge is 0.229 e. The van der Waals surface area contributed by atoms with E-state index < -0.39 is 0 Å². The number of halogens is 2. The number of carbonyl (C=O) groups excluding carboxylic acids is 1. The van der Waals surface area contributed by atoms with Crippen molar-refractivity contribution in [1.29, 1.82) is 0 Å². The zero-order chi connectivity index (χ0) is 18.6. The SMILES string of the molecule is Cc1cccc(-c2nc(CC(=O)N3CCNCC3c3cccnc3)cs2)c1.Cl.Cl. The number of nitrogens with one attached hydrogen (secondary N) is 1. The maximum Gasteiger partial charge on any atom is 0.229 e. The molecule has 0 bridgehead atoms. The van der Waals surface area contributed by atoms with Crippen molar-refractivity contribution < 1.29 is 4.79 Å². The fraction of sp³-hybridized carbons (Fsp3) is 0.286. The molecule has 0 radical (unpaired) electrons. The van der Waals surface area contributed by atoms with E-state index in [1.54, 1.807) is 17.5 Å². The minimum absolute atomic E-state index is 0. The Bertz CT molecular complexity index is 935. The summed E-state index contributed by atoms with van der Waals surface area (Å²) in [5.74, 6) is 0.117. The lowest BCUT2D eigenvalue weighted by Gasteiger charge is -2.36. The molecule has 8 heteroatoms. The number of piperazine rings is 1. The van der Waals surface area contributed by atoms with Crippen LogP contribution in [0.2, 0.25) is 0 Å². The summed E-state index contributed by atoms with van der Waals surface area (Å²) in [7, 11) is 0. The predicted octanol–water partition coefficient (Wildman–Crippen LogP) is 4.07. The van der Waals surface area contributed by atoms with Gasteiger partial charge in [0.1, 0.15) is 5.01 Å². The Morgan fingerprint density at radius 3 is 2.90 bits per heavy atom. The molecule has 1 N–H and O–H groups in total. The van der Waals surface area contributed by atoms with Gasteiger partial charge < -0.3 is 10.2 Å². The van der Waals surface area contributed by atoms with Crippen molar-refractivity contribution in [1.82, 2.24) is 20.2 Å². The fourth-order valence-corrected chi connectivity index (χ4v) is 4.25. The molecule has 2 aromatic heterocycles. The predicted molar refractivity (Wildman–Crippen MR) is 122 cm³/mol. The molecule has 4 rings (SSSR count). The number of amides is 1. The van der Waals surface area contributed by atoms with Crippen molar-refractivity contribution in [3.63, 3.8) is 0 Å². The molecule has 1 fully saturated rings. The Balaban J connectivity index is 0.00000150. The molecule has 1 unspecified atom stereocenters. The summed E-state index contributed by atoms with van der Waals surface area (Å²) in [4.78, 5) is 23.9. The Morgan fingerprint density at radius 1 is 1.28 bits per heavy atom. The number of nitrogens with zero attached hydrogens (tertiary/aromatic N) is 3. The first-order chi connectivity index (χ1) is 13.2. The lowest BCUT2D eigenvalue weighted by Crippen LogP contribution is -2.49. The minimum atomic E-state index is 0. The van der Waals surface area contributed by atoms with Crippen LogP contribution < -0.4 is 5.32 Å². The van der Waals surface area contributed by atoms with Crippen LogP contribution in [-0.4, -0.2) is 40.4 Å². The number of benzene rings is 1. The van der Waals surface area contributed by atoms with Crippen LogP contribution in [0.1, 0.15) is 22.9 Å². The van der Waals surface area contributed by atoms with E-state index >= 15 is 0 Å². The summed E-state index contributed by atoms with van der Waals surface area (Å²) >= 11 is 1.59. The highest BCUT2D eigenvalue weighted by atomic mass is 35.5. The maximum atomic E-state index is 13.0. The normalized spacial score (nSPS) is 15.9. The Hall–Kier alpha value is -1.99. The quantitative estimate of drug-likeness (QED) is 0.650. The molecule has 1 aliphatic heterocycles. The largest absolute Gasteiger partial charge is 0.333 e. The van der Waals surface area contributed by atoms with Gasteiger partial charge in [0.15, 0.2) is 0 Å². The van der Waals surface area contributed by atoms with Crippen LogP contribution in [-0.2, 0) is 11.2 Å². The zero-order valence-corrected chi connectivity index (χ0v) is 18.5. The van der Waals surface area contributed by atoms with Crippen molar-refractivity contribution in [3.05, 3.63) is 71.0 Å². The van der Waals surface area contributed by atoms with Crippen LogP contribution in [0, 0.1) is 6.92 Å². The number of hydrogen-bond donors (Lipinski definition) is 1. The van der Waals surface area contributed by atoms with E-state index in [0.29, 0.717) is 13.0 Å². The third-order valence-corrected chi connectivity index (χ3v) is 5.72. The summed E-state index contributed by atoms with van der Waals surface area (Å²) in [5, 5.41) is 6.34. The van der Waals surface area contributed by atoms with E-state index in [4.69, 9.17) is 4.98 Å². The van der Waals surface area contributed by atoms with E-state index in [-0.39, 0.29) is 36.8 Å². The summed E-state index contributed by atoms with van der Waals surface area (Å²) in [6.07, 6.45) is 3.93. The fourth-order valence-electron chi connectivity index (χ4n) is 3.43. The molecule has 1 saturated heterocycles. The lowest BCUT2D eigenvalue weighted by molar-refractivity contribution is -0.133. The average molecular weight is 451 g/mol. The van der Waals surface area contributed by atoms with Gasteiger partial charge in [0.25, 0.3) is 0 Å². The standard InChI is InChI=1S/C21H22N4OS.2ClH/c1-15-4-2-5-16(10-15)21-24-18(14-27-21)11-20(26)25-9-8-23-13-19(25)17-6-3-7-22-12-17;;/h2-7,10,12,14,19,23H,8-9,11,13H2,1H3;2*1H. The second-order valence-corrected chi connectivity index (χ2v) is 7.64. The molecule has 29 heavy (non-hydrogen) atoms. The van der Waals surface area contributed by atoms with Gasteiger partial charge in [-0.1, -0.05) is 29.8 Å². The molecule has 0 spiro atoms. The van der Waals surface area contributed by atoms with Crippen LogP contribution in [0.15, 0.2) is 54.2 Å². The maximum absolute atomic E-state index is 13.0. The van der Waals surface area contributed by atoms with Gasteiger partial charge in [0, 0.05) is 43.0 Å². The molecule has 3 aromatic rings. The van der Waals surface area contributed by atoms with Crippen LogP contribution in [0.3, 0.4) is 0 Å². The van der Waals surface area contributed by atoms with Gasteiger partial charge in [-0.25, -0.2) is 4.98 Å². The molecule has 1 aromatic carbocycles. The molecule has 5 nitrogen and oxygen atoms in total. The molecule has 3 heterocycles. The Morgan fingerprint density at radius 2 is 2.14 bits per heavy atom. The number of aromatic nitrogens is 2. The topological polar surface area (TPSA) is 58.1 Å². The second kappa shape index (κ2) is 10.7. The average Bonchev–Trinajstić information content (AvgIpc) is 3.17. The molecule has 154 valence electrons. The van der Waals surface area contributed by atoms with E-state index in [9.17, 15) is 4.79 Å². The molecule has 0 aliphatic carbocycles. The number of hydrogen-bond acceptors (Lipinski definition) is 5. The van der Waals surface area contributed by atoms with Crippen LogP contribution in [0.25, 0.3) is 10.6 Å². The highest BCUT2D eigenvalue weighted by Crippen LogP contribution is 2.26. The molecule has 0 saturated carbocycles. The van der Waals surface area contributed by atoms with Gasteiger partial charge >= 0.3 is 0 Å². The van der Waals surface area contributed by atoms with Crippen LogP contribution in [0.4, 0.5) is 0 Å². The van der Waals surface area contributed by atoms with E-state index in [0.717, 1.165) is 34.9 Å². The second-order valence-electron chi connectivity index (χ2n) is 6.78. The first-order valence-electron chi connectivity index (χ1n) is 9.12. The van der Waals surface area contributed by atoms with E-state index in [2.05, 4.69) is 35.4 Å². The van der Waals surface area contributed by atoms with Crippen molar-refractivity contribution in [3.8, 4) is 10.6 Å². The molecule has 1 atom stereocenters. The first kappa shape index (κ1) is 23.3. The number of aryl methyl sites for hydroxylation is 1. The van der Waals surface area contributed by atoms with Crippen LogP contribution >= 0.6 is 36.2 Å². The van der Waals surface area contributed by atoms with Crippen molar-refractivity contribution in [2.75, 3.05) is 19.6 Å². The molecular weight excluding hydrogens is 427 g/mol. The number of rotatable bonds is 4. The molecule has 1 amide bonds. The highest BCUT2D eigenvalue weighted by molar-refractivity contribution is 7.13. The van der Waals surface area contributed by atoms with Gasteiger partial charge in [-0.2, -0.15) is 0 Å². The number of carbonyl (C=O) groups is 1. The lowest BCUT2D eigenvalue weighted by atomic mass is 10.0. The van der Waals surface area contributed by atoms with E-state index in [1.165, 1.54) is 5.56 Å². The third kappa shape index (κ3) is 5.54. The number of thiazole rings is 1. The van der Waals surface area contributed by atoms with Gasteiger partial charge in [-0.3, -0.25) is 9.78 Å². The summed E-state index contributed by atoms with van der Waals surface area (Å²) in [6, 6.07) is 12.3. The summed E-state index contributed by atoms with van der Waals surface area (Å²) < 4.78 is 0. The summed E-state index contributed by atoms with van der Waals surface area (Å²) in [6.45, 7) is 4.34. The van der Waals surface area contributed by atoms with Crippen molar-refractivity contribution >= 4 is 42.1 Å². The zero-order valence-electron chi connectivity index (χ0n) is 16.1. The van der Waals surface area contributed by atoms with Gasteiger partial charge in [0.05, 0.1) is 18.2 Å².